The minimum absolute atomic E-state index is 0.488. The lowest BCUT2D eigenvalue weighted by Gasteiger charge is -2.22. The van der Waals surface area contributed by atoms with Gasteiger partial charge in [-0.2, -0.15) is 0 Å². The maximum absolute atomic E-state index is 6.17. The molecule has 3 nitrogen and oxygen atoms in total. The Kier molecular flexibility index (Phi) is 6.29. The zero-order chi connectivity index (χ0) is 19.5. The van der Waals surface area contributed by atoms with Crippen LogP contribution in [0.3, 0.4) is 0 Å². The van der Waals surface area contributed by atoms with E-state index in [-0.39, 0.29) is 0 Å². The van der Waals surface area contributed by atoms with Crippen molar-refractivity contribution < 1.29 is 0 Å². The highest BCUT2D eigenvalue weighted by Crippen LogP contribution is 2.36. The maximum atomic E-state index is 6.17. The Balaban J connectivity index is 1.64. The first-order valence-corrected chi connectivity index (χ1v) is 11.4. The van der Waals surface area contributed by atoms with Gasteiger partial charge in [0.1, 0.15) is 5.82 Å². The largest absolute Gasteiger partial charge is 0.274 e. The van der Waals surface area contributed by atoms with Crippen molar-refractivity contribution in [3.8, 4) is 5.69 Å². The van der Waals surface area contributed by atoms with Gasteiger partial charge in [-0.3, -0.25) is 4.57 Å². The highest BCUT2D eigenvalue weighted by atomic mass is 35.5. The summed E-state index contributed by atoms with van der Waals surface area (Å²) in [5.74, 6) is 2.35. The van der Waals surface area contributed by atoms with E-state index in [4.69, 9.17) is 23.2 Å². The average molecular weight is 432 g/mol. The van der Waals surface area contributed by atoms with Crippen molar-refractivity contribution in [2.45, 2.75) is 55.9 Å². The predicted molar refractivity (Wildman–Crippen MR) is 118 cm³/mol. The highest BCUT2D eigenvalue weighted by molar-refractivity contribution is 7.98. The third-order valence-electron chi connectivity index (χ3n) is 5.27. The molecule has 1 aliphatic rings. The normalized spacial score (nSPS) is 15.1. The molecule has 0 atom stereocenters. The molecular weight excluding hydrogens is 409 g/mol. The van der Waals surface area contributed by atoms with E-state index >= 15 is 0 Å². The smallest absolute Gasteiger partial charge is 0.196 e. The molecule has 0 aliphatic heterocycles. The first kappa shape index (κ1) is 19.8. The van der Waals surface area contributed by atoms with Gasteiger partial charge in [0.05, 0.1) is 10.0 Å². The van der Waals surface area contributed by atoms with E-state index in [0.717, 1.165) is 28.0 Å². The quantitative estimate of drug-likeness (QED) is 0.399. The van der Waals surface area contributed by atoms with Gasteiger partial charge in [-0.1, -0.05) is 78.0 Å². The van der Waals surface area contributed by atoms with Gasteiger partial charge in [-0.25, -0.2) is 0 Å². The molecule has 3 aromatic rings. The highest BCUT2D eigenvalue weighted by Gasteiger charge is 2.24. The third-order valence-corrected chi connectivity index (χ3v) is 7.01. The van der Waals surface area contributed by atoms with Crippen LogP contribution in [0.4, 0.5) is 0 Å². The Morgan fingerprint density at radius 3 is 2.43 bits per heavy atom. The van der Waals surface area contributed by atoms with Gasteiger partial charge in [0, 0.05) is 17.4 Å². The van der Waals surface area contributed by atoms with Crippen LogP contribution in [0.25, 0.3) is 5.69 Å². The number of hydrogen-bond acceptors (Lipinski definition) is 3. The standard InChI is InChI=1S/C22H23Cl2N3S/c1-15-7-10-18(11-8-15)27-21(17-5-3-2-4-6-17)25-26-22(27)28-14-16-9-12-19(23)20(24)13-16/h7-13,17H,2-6,14H2,1H3. The lowest BCUT2D eigenvalue weighted by atomic mass is 9.88. The van der Waals surface area contributed by atoms with E-state index < -0.39 is 0 Å². The third kappa shape index (κ3) is 4.40. The van der Waals surface area contributed by atoms with Gasteiger partial charge >= 0.3 is 0 Å². The summed E-state index contributed by atoms with van der Waals surface area (Å²) in [5.41, 5.74) is 3.51. The van der Waals surface area contributed by atoms with Crippen LogP contribution in [0.2, 0.25) is 10.0 Å². The summed E-state index contributed by atoms with van der Waals surface area (Å²) in [6.07, 6.45) is 6.27. The van der Waals surface area contributed by atoms with Crippen LogP contribution in [-0.2, 0) is 5.75 Å². The lowest BCUT2D eigenvalue weighted by Crippen LogP contribution is -2.12. The molecular formula is C22H23Cl2N3S. The monoisotopic (exact) mass is 431 g/mol. The van der Waals surface area contributed by atoms with Crippen molar-refractivity contribution >= 4 is 35.0 Å². The van der Waals surface area contributed by atoms with E-state index in [0.29, 0.717) is 16.0 Å². The molecule has 146 valence electrons. The molecule has 6 heteroatoms. The predicted octanol–water partition coefficient (Wildman–Crippen LogP) is 7.22. The second-order valence-corrected chi connectivity index (χ2v) is 9.14. The van der Waals surface area contributed by atoms with Crippen LogP contribution in [-0.4, -0.2) is 14.8 Å². The summed E-state index contributed by atoms with van der Waals surface area (Å²) >= 11 is 13.9. The first-order chi connectivity index (χ1) is 13.6. The molecule has 1 saturated carbocycles. The van der Waals surface area contributed by atoms with Crippen molar-refractivity contribution in [3.05, 3.63) is 69.5 Å². The van der Waals surface area contributed by atoms with Gasteiger partial charge in [-0.15, -0.1) is 10.2 Å². The zero-order valence-corrected chi connectivity index (χ0v) is 18.2. The molecule has 0 amide bonds. The zero-order valence-electron chi connectivity index (χ0n) is 15.9. The van der Waals surface area contributed by atoms with Crippen LogP contribution in [0, 0.1) is 6.92 Å². The van der Waals surface area contributed by atoms with Crippen LogP contribution in [0.1, 0.15) is 55.0 Å². The van der Waals surface area contributed by atoms with Gasteiger partial charge in [-0.05, 0) is 49.6 Å². The Bertz CT molecular complexity index is 947. The molecule has 28 heavy (non-hydrogen) atoms. The number of benzene rings is 2. The Morgan fingerprint density at radius 2 is 1.71 bits per heavy atom. The average Bonchev–Trinajstić information content (AvgIpc) is 3.14. The molecule has 0 saturated heterocycles. The number of nitrogens with zero attached hydrogens (tertiary/aromatic N) is 3. The molecule has 2 aromatic carbocycles. The fourth-order valence-electron chi connectivity index (χ4n) is 3.71. The van der Waals surface area contributed by atoms with Gasteiger partial charge in [0.2, 0.25) is 0 Å². The number of thioether (sulfide) groups is 1. The first-order valence-electron chi connectivity index (χ1n) is 9.71. The fraction of sp³-hybridized carbons (Fsp3) is 0.364. The van der Waals surface area contributed by atoms with Crippen molar-refractivity contribution in [3.63, 3.8) is 0 Å². The number of aromatic nitrogens is 3. The summed E-state index contributed by atoms with van der Waals surface area (Å²) in [6.45, 7) is 2.11. The van der Waals surface area contributed by atoms with Crippen molar-refractivity contribution in [2.75, 3.05) is 0 Å². The van der Waals surface area contributed by atoms with E-state index in [1.54, 1.807) is 11.8 Å². The molecule has 4 rings (SSSR count). The molecule has 0 radical (unpaired) electrons. The molecule has 1 heterocycles. The maximum Gasteiger partial charge on any atom is 0.196 e. The summed E-state index contributed by atoms with van der Waals surface area (Å²) in [6, 6.07) is 14.4. The summed E-state index contributed by atoms with van der Waals surface area (Å²) in [4.78, 5) is 0. The summed E-state index contributed by atoms with van der Waals surface area (Å²) < 4.78 is 2.25. The van der Waals surface area contributed by atoms with Crippen LogP contribution < -0.4 is 0 Å². The van der Waals surface area contributed by atoms with Crippen molar-refractivity contribution in [2.24, 2.45) is 0 Å². The van der Waals surface area contributed by atoms with Crippen molar-refractivity contribution in [1.82, 2.24) is 14.8 Å². The summed E-state index contributed by atoms with van der Waals surface area (Å²) in [7, 11) is 0. The Morgan fingerprint density at radius 1 is 0.964 bits per heavy atom. The SMILES string of the molecule is Cc1ccc(-n2c(SCc3ccc(Cl)c(Cl)c3)nnc2C2CCCCC2)cc1. The van der Waals surface area contributed by atoms with Crippen LogP contribution >= 0.6 is 35.0 Å². The Labute approximate surface area is 180 Å². The second kappa shape index (κ2) is 8.89. The molecule has 0 unspecified atom stereocenters. The topological polar surface area (TPSA) is 30.7 Å². The number of halogens is 2. The molecule has 0 bridgehead atoms. The molecule has 1 aliphatic carbocycles. The summed E-state index contributed by atoms with van der Waals surface area (Å²) in [5, 5.41) is 11.3. The number of hydrogen-bond donors (Lipinski definition) is 0. The van der Waals surface area contributed by atoms with Gasteiger partial charge < -0.3 is 0 Å². The molecule has 1 fully saturated rings. The van der Waals surface area contributed by atoms with E-state index in [2.05, 4.69) is 46.0 Å². The minimum Gasteiger partial charge on any atom is -0.274 e. The molecule has 0 N–H and O–H groups in total. The van der Waals surface area contributed by atoms with Crippen LogP contribution in [0.15, 0.2) is 47.6 Å². The second-order valence-electron chi connectivity index (χ2n) is 7.38. The van der Waals surface area contributed by atoms with Crippen molar-refractivity contribution in [1.29, 1.82) is 0 Å². The fourth-order valence-corrected chi connectivity index (χ4v) is 4.94. The molecule has 1 aromatic heterocycles. The van der Waals surface area contributed by atoms with Crippen LogP contribution in [0.5, 0.6) is 0 Å². The van der Waals surface area contributed by atoms with Gasteiger partial charge in [0.15, 0.2) is 5.16 Å². The number of rotatable bonds is 5. The Hall–Kier alpha value is -1.49. The minimum atomic E-state index is 0.488. The van der Waals surface area contributed by atoms with E-state index in [1.165, 1.54) is 37.7 Å². The lowest BCUT2D eigenvalue weighted by molar-refractivity contribution is 0.423. The van der Waals surface area contributed by atoms with E-state index in [1.807, 2.05) is 18.2 Å². The number of aryl methyl sites for hydroxylation is 1. The molecule has 0 spiro atoms. The van der Waals surface area contributed by atoms with E-state index in [9.17, 15) is 0 Å². The van der Waals surface area contributed by atoms with Gasteiger partial charge in [0.25, 0.3) is 0 Å².